The van der Waals surface area contributed by atoms with Crippen molar-refractivity contribution in [3.63, 3.8) is 0 Å². The molecule has 1 unspecified atom stereocenters. The third-order valence-corrected chi connectivity index (χ3v) is 4.41. The fourth-order valence-corrected chi connectivity index (χ4v) is 3.32. The number of nitrogens with zero attached hydrogens (tertiary/aromatic N) is 1. The van der Waals surface area contributed by atoms with Crippen LogP contribution in [-0.4, -0.2) is 17.9 Å². The van der Waals surface area contributed by atoms with E-state index in [4.69, 9.17) is 15.0 Å². The van der Waals surface area contributed by atoms with E-state index >= 15 is 0 Å². The summed E-state index contributed by atoms with van der Waals surface area (Å²) in [6, 6.07) is 4.06. The zero-order valence-electron chi connectivity index (χ0n) is 10.8. The summed E-state index contributed by atoms with van der Waals surface area (Å²) >= 11 is 1.66. The van der Waals surface area contributed by atoms with E-state index in [1.165, 1.54) is 12.8 Å². The number of ether oxygens (including phenoxy) is 1. The van der Waals surface area contributed by atoms with Crippen molar-refractivity contribution in [1.29, 1.82) is 0 Å². The van der Waals surface area contributed by atoms with Crippen LogP contribution in [0, 0.1) is 0 Å². The van der Waals surface area contributed by atoms with Crippen molar-refractivity contribution in [3.8, 4) is 10.4 Å². The molecule has 5 heteroatoms. The first kappa shape index (κ1) is 12.7. The lowest BCUT2D eigenvalue weighted by atomic mass is 10.0. The molecule has 0 amide bonds. The Morgan fingerprint density at radius 1 is 1.42 bits per heavy atom. The molecule has 0 saturated carbocycles. The minimum absolute atomic E-state index is 0.358. The van der Waals surface area contributed by atoms with Crippen molar-refractivity contribution < 1.29 is 9.26 Å². The molecule has 1 atom stereocenters. The second-order valence-corrected chi connectivity index (χ2v) is 5.82. The number of hydrogen-bond acceptors (Lipinski definition) is 5. The molecule has 1 saturated heterocycles. The number of nitrogens with two attached hydrogens (primary N) is 1. The molecule has 0 bridgehead atoms. The van der Waals surface area contributed by atoms with E-state index in [1.54, 1.807) is 11.3 Å². The molecule has 0 radical (unpaired) electrons. The van der Waals surface area contributed by atoms with E-state index < -0.39 is 0 Å². The molecule has 2 aromatic heterocycles. The van der Waals surface area contributed by atoms with E-state index in [-0.39, 0.29) is 0 Å². The molecule has 2 N–H and O–H groups in total. The van der Waals surface area contributed by atoms with Gasteiger partial charge in [-0.3, -0.25) is 0 Å². The quantitative estimate of drug-likeness (QED) is 0.930. The predicted octanol–water partition coefficient (Wildman–Crippen LogP) is 3.49. The highest BCUT2D eigenvalue weighted by atomic mass is 32.1. The summed E-state index contributed by atoms with van der Waals surface area (Å²) in [6.07, 6.45) is 5.77. The maximum absolute atomic E-state index is 5.91. The summed E-state index contributed by atoms with van der Waals surface area (Å²) in [6.45, 7) is 0.890. The highest BCUT2D eigenvalue weighted by Crippen LogP contribution is 2.34. The molecule has 1 fully saturated rings. The minimum atomic E-state index is 0.358. The minimum Gasteiger partial charge on any atom is -0.380 e. The van der Waals surface area contributed by atoms with Gasteiger partial charge in [0, 0.05) is 17.9 Å². The van der Waals surface area contributed by atoms with Gasteiger partial charge in [-0.05, 0) is 37.1 Å². The van der Waals surface area contributed by atoms with Crippen molar-refractivity contribution in [2.75, 3.05) is 12.3 Å². The van der Waals surface area contributed by atoms with Gasteiger partial charge in [0.15, 0.2) is 5.82 Å². The normalized spacial score (nSPS) is 19.7. The smallest absolute Gasteiger partial charge is 0.175 e. The molecule has 3 heterocycles. The Bertz CT molecular complexity index is 516. The molecular weight excluding hydrogens is 260 g/mol. The van der Waals surface area contributed by atoms with Crippen LogP contribution in [0.25, 0.3) is 10.4 Å². The Morgan fingerprint density at radius 3 is 3.11 bits per heavy atom. The van der Waals surface area contributed by atoms with Crippen molar-refractivity contribution in [2.24, 2.45) is 0 Å². The summed E-state index contributed by atoms with van der Waals surface area (Å²) in [5.74, 6) is 1.37. The van der Waals surface area contributed by atoms with Crippen LogP contribution in [0.1, 0.15) is 31.4 Å². The first-order chi connectivity index (χ1) is 9.34. The van der Waals surface area contributed by atoms with Gasteiger partial charge in [0.1, 0.15) is 5.76 Å². The molecule has 1 aliphatic rings. The SMILES string of the molecule is Nc1noc(CCC2CCCCO2)c1-c1cccs1. The number of rotatable bonds is 4. The summed E-state index contributed by atoms with van der Waals surface area (Å²) < 4.78 is 11.1. The highest BCUT2D eigenvalue weighted by Gasteiger charge is 2.19. The standard InChI is InChI=1S/C14H18N2O2S/c15-14-13(12-5-3-9-19-12)11(18-16-14)7-6-10-4-1-2-8-17-10/h3,5,9-10H,1-2,4,6-8H2,(H2,15,16). The van der Waals surface area contributed by atoms with Crippen LogP contribution in [0.4, 0.5) is 5.82 Å². The molecule has 0 aromatic carbocycles. The van der Waals surface area contributed by atoms with E-state index in [9.17, 15) is 0 Å². The number of nitrogen functional groups attached to an aromatic ring is 1. The maximum Gasteiger partial charge on any atom is 0.175 e. The molecule has 1 aliphatic heterocycles. The summed E-state index contributed by atoms with van der Waals surface area (Å²) in [4.78, 5) is 1.12. The molecule has 3 rings (SSSR count). The van der Waals surface area contributed by atoms with Gasteiger partial charge in [0.25, 0.3) is 0 Å². The fraction of sp³-hybridized carbons (Fsp3) is 0.500. The number of anilines is 1. The summed E-state index contributed by atoms with van der Waals surface area (Å²) in [5.41, 5.74) is 6.88. The second kappa shape index (κ2) is 5.75. The number of hydrogen-bond donors (Lipinski definition) is 1. The van der Waals surface area contributed by atoms with Gasteiger partial charge < -0.3 is 15.0 Å². The number of thiophene rings is 1. The largest absolute Gasteiger partial charge is 0.380 e. The van der Waals surface area contributed by atoms with Gasteiger partial charge in [-0.1, -0.05) is 11.2 Å². The topological polar surface area (TPSA) is 61.3 Å². The van der Waals surface area contributed by atoms with Gasteiger partial charge in [0.2, 0.25) is 0 Å². The van der Waals surface area contributed by atoms with Crippen LogP contribution in [-0.2, 0) is 11.2 Å². The van der Waals surface area contributed by atoms with Crippen molar-refractivity contribution in [3.05, 3.63) is 23.3 Å². The number of aromatic nitrogens is 1. The summed E-state index contributed by atoms with van der Waals surface area (Å²) in [7, 11) is 0. The Balaban J connectivity index is 1.71. The molecule has 2 aromatic rings. The zero-order valence-corrected chi connectivity index (χ0v) is 11.6. The average molecular weight is 278 g/mol. The lowest BCUT2D eigenvalue weighted by molar-refractivity contribution is 0.0106. The fourth-order valence-electron chi connectivity index (χ4n) is 2.52. The van der Waals surface area contributed by atoms with E-state index in [2.05, 4.69) is 5.16 Å². The molecule has 19 heavy (non-hydrogen) atoms. The van der Waals surface area contributed by atoms with Gasteiger partial charge in [-0.2, -0.15) is 0 Å². The van der Waals surface area contributed by atoms with E-state index in [0.717, 1.165) is 42.1 Å². The molecule has 4 nitrogen and oxygen atoms in total. The second-order valence-electron chi connectivity index (χ2n) is 4.87. The predicted molar refractivity (Wildman–Crippen MR) is 76.1 cm³/mol. The molecule has 0 aliphatic carbocycles. The Labute approximate surface area is 116 Å². The van der Waals surface area contributed by atoms with Crippen LogP contribution in [0.3, 0.4) is 0 Å². The van der Waals surface area contributed by atoms with Gasteiger partial charge in [0.05, 0.1) is 11.7 Å². The van der Waals surface area contributed by atoms with Crippen molar-refractivity contribution >= 4 is 17.2 Å². The first-order valence-electron chi connectivity index (χ1n) is 6.74. The molecule has 102 valence electrons. The lowest BCUT2D eigenvalue weighted by Gasteiger charge is -2.21. The third-order valence-electron chi connectivity index (χ3n) is 3.52. The van der Waals surface area contributed by atoms with Gasteiger partial charge in [-0.25, -0.2) is 0 Å². The highest BCUT2D eigenvalue weighted by molar-refractivity contribution is 7.13. The third kappa shape index (κ3) is 2.82. The van der Waals surface area contributed by atoms with E-state index in [1.807, 2.05) is 17.5 Å². The van der Waals surface area contributed by atoms with Crippen molar-refractivity contribution in [2.45, 2.75) is 38.2 Å². The average Bonchev–Trinajstić information content (AvgIpc) is 3.07. The monoisotopic (exact) mass is 278 g/mol. The van der Waals surface area contributed by atoms with Crippen LogP contribution >= 0.6 is 11.3 Å². The van der Waals surface area contributed by atoms with Crippen LogP contribution < -0.4 is 5.73 Å². The van der Waals surface area contributed by atoms with Gasteiger partial charge >= 0.3 is 0 Å². The lowest BCUT2D eigenvalue weighted by Crippen LogP contribution is -2.19. The Morgan fingerprint density at radius 2 is 2.37 bits per heavy atom. The van der Waals surface area contributed by atoms with Crippen LogP contribution in [0.2, 0.25) is 0 Å². The van der Waals surface area contributed by atoms with Crippen LogP contribution in [0.5, 0.6) is 0 Å². The first-order valence-corrected chi connectivity index (χ1v) is 7.62. The van der Waals surface area contributed by atoms with Crippen molar-refractivity contribution in [1.82, 2.24) is 5.16 Å². The molecular formula is C14H18N2O2S. The van der Waals surface area contributed by atoms with E-state index in [0.29, 0.717) is 11.9 Å². The number of aryl methyl sites for hydroxylation is 1. The maximum atomic E-state index is 5.91. The molecule has 0 spiro atoms. The zero-order chi connectivity index (χ0) is 13.1. The van der Waals surface area contributed by atoms with Crippen LogP contribution in [0.15, 0.2) is 22.0 Å². The van der Waals surface area contributed by atoms with Gasteiger partial charge in [-0.15, -0.1) is 11.3 Å². The summed E-state index contributed by atoms with van der Waals surface area (Å²) in [5, 5.41) is 5.94. The Kier molecular flexibility index (Phi) is 3.84. The Hall–Kier alpha value is -1.33.